The van der Waals surface area contributed by atoms with Crippen LogP contribution in [0.2, 0.25) is 0 Å². The molecule has 0 aliphatic carbocycles. The van der Waals surface area contributed by atoms with Gasteiger partial charge in [-0.05, 0) is 23.8 Å². The highest BCUT2D eigenvalue weighted by Gasteiger charge is 2.50. The first kappa shape index (κ1) is 25.5. The molecule has 0 bridgehead atoms. The lowest BCUT2D eigenvalue weighted by atomic mass is 9.70. The third kappa shape index (κ3) is 4.36. The Morgan fingerprint density at radius 1 is 1.00 bits per heavy atom. The topological polar surface area (TPSA) is 52.6 Å². The van der Waals surface area contributed by atoms with E-state index in [-0.39, 0.29) is 42.5 Å². The number of hydrogen-bond acceptors (Lipinski definition) is 3. The highest BCUT2D eigenvalue weighted by Crippen LogP contribution is 2.44. The molecule has 1 amide bonds. The maximum atomic E-state index is 14.5. The van der Waals surface area contributed by atoms with Crippen molar-refractivity contribution in [3.63, 3.8) is 0 Å². The Kier molecular flexibility index (Phi) is 7.41. The van der Waals surface area contributed by atoms with Gasteiger partial charge >= 0.3 is 0 Å². The molecule has 2 aliphatic heterocycles. The quantitative estimate of drug-likeness (QED) is 0.646. The predicted octanol–water partition coefficient (Wildman–Crippen LogP) is 3.97. The van der Waals surface area contributed by atoms with E-state index in [1.165, 1.54) is 18.2 Å². The molecule has 4 rings (SSSR count). The number of amides is 1. The minimum absolute atomic E-state index is 0. The van der Waals surface area contributed by atoms with Gasteiger partial charge in [-0.15, -0.1) is 12.4 Å². The van der Waals surface area contributed by atoms with Crippen molar-refractivity contribution in [3.05, 3.63) is 70.8 Å². The summed E-state index contributed by atoms with van der Waals surface area (Å²) in [5.41, 5.74) is -1.87. The van der Waals surface area contributed by atoms with E-state index in [1.807, 2.05) is 0 Å². The van der Waals surface area contributed by atoms with E-state index in [0.717, 1.165) is 18.2 Å². The number of rotatable bonds is 3. The van der Waals surface area contributed by atoms with Crippen molar-refractivity contribution in [2.45, 2.75) is 25.4 Å². The lowest BCUT2D eigenvalue weighted by molar-refractivity contribution is -0.153. The summed E-state index contributed by atoms with van der Waals surface area (Å²) in [4.78, 5) is 15.0. The molecule has 2 N–H and O–H groups in total. The van der Waals surface area contributed by atoms with Crippen molar-refractivity contribution >= 4 is 18.3 Å². The van der Waals surface area contributed by atoms with E-state index in [9.17, 15) is 27.5 Å². The maximum absolute atomic E-state index is 14.5. The van der Waals surface area contributed by atoms with Crippen molar-refractivity contribution in [2.75, 3.05) is 26.2 Å². The van der Waals surface area contributed by atoms with Crippen LogP contribution in [0.1, 0.15) is 30.9 Å². The van der Waals surface area contributed by atoms with Gasteiger partial charge in [0.2, 0.25) is 5.91 Å². The van der Waals surface area contributed by atoms with Gasteiger partial charge in [0.05, 0.1) is 11.5 Å². The van der Waals surface area contributed by atoms with Crippen LogP contribution in [0.5, 0.6) is 0 Å². The van der Waals surface area contributed by atoms with Crippen LogP contribution in [0.4, 0.5) is 17.6 Å². The van der Waals surface area contributed by atoms with E-state index in [2.05, 4.69) is 5.32 Å². The van der Waals surface area contributed by atoms with E-state index in [1.54, 1.807) is 18.7 Å². The second-order valence-corrected chi connectivity index (χ2v) is 9.00. The number of carbonyl (C=O) groups is 1. The second kappa shape index (κ2) is 9.60. The van der Waals surface area contributed by atoms with E-state index in [0.29, 0.717) is 13.1 Å². The maximum Gasteiger partial charge on any atom is 0.227 e. The summed E-state index contributed by atoms with van der Waals surface area (Å²) in [5.74, 6) is -5.55. The largest absolute Gasteiger partial charge is 0.384 e. The third-order valence-corrected chi connectivity index (χ3v) is 7.06. The number of benzene rings is 2. The molecule has 2 heterocycles. The Balaban J connectivity index is 0.00000306. The molecule has 5 atom stereocenters. The van der Waals surface area contributed by atoms with Crippen molar-refractivity contribution in [3.8, 4) is 0 Å². The Bertz CT molecular complexity index is 1010. The normalized spacial score (nSPS) is 29.6. The fourth-order valence-electron chi connectivity index (χ4n) is 5.35. The van der Waals surface area contributed by atoms with E-state index >= 15 is 0 Å². The monoisotopic (exact) mass is 486 g/mol. The van der Waals surface area contributed by atoms with Gasteiger partial charge in [0.25, 0.3) is 0 Å². The van der Waals surface area contributed by atoms with Crippen molar-refractivity contribution < 1.29 is 27.5 Å². The molecule has 2 aromatic carbocycles. The highest BCUT2D eigenvalue weighted by atomic mass is 35.5. The molecule has 0 aromatic heterocycles. The molecule has 2 saturated heterocycles. The average Bonchev–Trinajstić information content (AvgIpc) is 3.20. The number of halogens is 5. The average molecular weight is 487 g/mol. The lowest BCUT2D eigenvalue weighted by Crippen LogP contribution is -2.57. The van der Waals surface area contributed by atoms with Crippen LogP contribution >= 0.6 is 12.4 Å². The van der Waals surface area contributed by atoms with Crippen LogP contribution < -0.4 is 5.32 Å². The zero-order valence-electron chi connectivity index (χ0n) is 18.3. The first-order valence-electron chi connectivity index (χ1n) is 10.8. The summed E-state index contributed by atoms with van der Waals surface area (Å²) < 4.78 is 56.7. The number of nitrogens with zero attached hydrogens (tertiary/aromatic N) is 1. The number of likely N-dealkylation sites (tertiary alicyclic amines) is 1. The zero-order valence-corrected chi connectivity index (χ0v) is 19.1. The number of nitrogens with one attached hydrogen (secondary N) is 1. The van der Waals surface area contributed by atoms with Crippen molar-refractivity contribution in [2.24, 2.45) is 17.8 Å². The minimum Gasteiger partial charge on any atom is -0.384 e. The molecule has 0 saturated carbocycles. The molecule has 1 unspecified atom stereocenters. The Hall–Kier alpha value is -2.16. The van der Waals surface area contributed by atoms with Gasteiger partial charge in [-0.2, -0.15) is 0 Å². The van der Waals surface area contributed by atoms with Gasteiger partial charge < -0.3 is 15.3 Å². The molecule has 0 spiro atoms. The number of carbonyl (C=O) groups excluding carboxylic acids is 1. The molecule has 2 aliphatic rings. The molecule has 180 valence electrons. The van der Waals surface area contributed by atoms with Crippen LogP contribution in [0.15, 0.2) is 36.4 Å². The van der Waals surface area contributed by atoms with Crippen LogP contribution in [-0.4, -0.2) is 42.1 Å². The SMILES string of the molecule is C[C@@H]1CN(C(=O)[C@@H]2CNC[C@H]2c2ccc(F)cc2F)C[C@H](C)C1(O)c1c(F)cccc1F.Cl. The number of piperidine rings is 1. The van der Waals surface area contributed by atoms with Gasteiger partial charge in [-0.25, -0.2) is 17.6 Å². The van der Waals surface area contributed by atoms with Crippen LogP contribution in [0, 0.1) is 41.0 Å². The van der Waals surface area contributed by atoms with Gasteiger partial charge in [-0.3, -0.25) is 4.79 Å². The molecule has 9 heteroatoms. The fraction of sp³-hybridized carbons (Fsp3) is 0.458. The predicted molar refractivity (Wildman–Crippen MR) is 118 cm³/mol. The molecule has 33 heavy (non-hydrogen) atoms. The van der Waals surface area contributed by atoms with Crippen molar-refractivity contribution in [1.82, 2.24) is 10.2 Å². The summed E-state index contributed by atoms with van der Waals surface area (Å²) in [6.45, 7) is 4.23. The Morgan fingerprint density at radius 2 is 1.61 bits per heavy atom. The summed E-state index contributed by atoms with van der Waals surface area (Å²) >= 11 is 0. The molecule has 4 nitrogen and oxygen atoms in total. The van der Waals surface area contributed by atoms with Crippen molar-refractivity contribution in [1.29, 1.82) is 0 Å². The Morgan fingerprint density at radius 3 is 2.18 bits per heavy atom. The molecular weight excluding hydrogens is 460 g/mol. The van der Waals surface area contributed by atoms with E-state index in [4.69, 9.17) is 0 Å². The minimum atomic E-state index is -1.78. The van der Waals surface area contributed by atoms with Crippen LogP contribution in [0.25, 0.3) is 0 Å². The lowest BCUT2D eigenvalue weighted by Gasteiger charge is -2.48. The summed E-state index contributed by atoms with van der Waals surface area (Å²) in [6, 6.07) is 6.81. The van der Waals surface area contributed by atoms with Gasteiger partial charge in [-0.1, -0.05) is 26.0 Å². The standard InChI is InChI=1S/C24H26F4N2O2.ClH/c1-13-11-30(12-14(2)24(13,32)22-19(26)4-3-5-20(22)27)23(31)18-10-29-9-17(18)16-7-6-15(25)8-21(16)28;/h3-8,13-14,17-18,29,32H,9-12H2,1-2H3;1H/t13-,14+,17-,18+,24?;/m0./s1. The second-order valence-electron chi connectivity index (χ2n) is 9.00. The van der Waals surface area contributed by atoms with Crippen LogP contribution in [-0.2, 0) is 10.4 Å². The summed E-state index contributed by atoms with van der Waals surface area (Å²) in [6.07, 6.45) is 0. The van der Waals surface area contributed by atoms with Gasteiger partial charge in [0.1, 0.15) is 28.9 Å². The molecule has 0 radical (unpaired) electrons. The molecule has 2 fully saturated rings. The molecule has 2 aromatic rings. The van der Waals surface area contributed by atoms with Gasteiger partial charge in [0.15, 0.2) is 0 Å². The summed E-state index contributed by atoms with van der Waals surface area (Å²) in [7, 11) is 0. The first-order valence-corrected chi connectivity index (χ1v) is 10.8. The smallest absolute Gasteiger partial charge is 0.227 e. The fourth-order valence-corrected chi connectivity index (χ4v) is 5.35. The Labute approximate surface area is 196 Å². The number of hydrogen-bond donors (Lipinski definition) is 2. The summed E-state index contributed by atoms with van der Waals surface area (Å²) in [5, 5.41) is 14.5. The third-order valence-electron chi connectivity index (χ3n) is 7.06. The zero-order chi connectivity index (χ0) is 23.2. The van der Waals surface area contributed by atoms with E-state index < -0.39 is 52.5 Å². The molecular formula is C24H27ClF4N2O2. The number of aliphatic hydroxyl groups is 1. The van der Waals surface area contributed by atoms with Gasteiger partial charge in [0, 0.05) is 50.0 Å². The first-order chi connectivity index (χ1) is 15.1. The van der Waals surface area contributed by atoms with Crippen LogP contribution in [0.3, 0.4) is 0 Å². The highest BCUT2D eigenvalue weighted by molar-refractivity contribution is 5.85.